The van der Waals surface area contributed by atoms with Crippen molar-refractivity contribution >= 4 is 69.1 Å². The van der Waals surface area contributed by atoms with E-state index in [9.17, 15) is 4.79 Å². The number of morpholine rings is 1. The highest BCUT2D eigenvalue weighted by molar-refractivity contribution is 8.23. The summed E-state index contributed by atoms with van der Waals surface area (Å²) < 4.78 is 11.3. The second-order valence-electron chi connectivity index (χ2n) is 5.46. The molecule has 25 heavy (non-hydrogen) atoms. The Morgan fingerprint density at radius 2 is 1.92 bits per heavy atom. The van der Waals surface area contributed by atoms with Crippen LogP contribution in [0.5, 0.6) is 0 Å². The number of esters is 1. The predicted molar refractivity (Wildman–Crippen MR) is 105 cm³/mol. The number of thiocarbonyl (C=S) groups is 1. The zero-order chi connectivity index (χ0) is 18.7. The van der Waals surface area contributed by atoms with Gasteiger partial charge in [-0.25, -0.2) is 9.78 Å². The number of halogens is 3. The number of carbonyl (C=O) groups is 1. The molecule has 0 amide bonds. The van der Waals surface area contributed by atoms with Gasteiger partial charge in [0.05, 0.1) is 28.7 Å². The minimum atomic E-state index is -0.618. The van der Waals surface area contributed by atoms with Crippen molar-refractivity contribution in [3.05, 3.63) is 20.9 Å². The summed E-state index contributed by atoms with van der Waals surface area (Å²) in [7, 11) is 0. The zero-order valence-corrected chi connectivity index (χ0v) is 17.7. The van der Waals surface area contributed by atoms with E-state index in [2.05, 4.69) is 4.98 Å². The standard InChI is InChI=1S/C15H17Cl3N2O3S2/c1-4-22-14(21)9-11(10(16)13(18)19-12(9)17)25-15(24)20-5-7(2)23-8(3)6-20/h7-8H,4-6H2,1-3H3/t7-,8-/m0/s1. The molecule has 0 unspecified atom stereocenters. The van der Waals surface area contributed by atoms with Crippen molar-refractivity contribution in [2.24, 2.45) is 0 Å². The van der Waals surface area contributed by atoms with Crippen molar-refractivity contribution in [3.8, 4) is 0 Å². The van der Waals surface area contributed by atoms with Crippen LogP contribution in [0.1, 0.15) is 31.1 Å². The number of rotatable bonds is 3. The van der Waals surface area contributed by atoms with Crippen molar-refractivity contribution in [2.45, 2.75) is 37.9 Å². The van der Waals surface area contributed by atoms with Crippen LogP contribution in [0.3, 0.4) is 0 Å². The van der Waals surface area contributed by atoms with Gasteiger partial charge in [-0.15, -0.1) is 0 Å². The molecule has 1 fully saturated rings. The lowest BCUT2D eigenvalue weighted by molar-refractivity contribution is -0.0465. The maximum Gasteiger partial charge on any atom is 0.342 e. The van der Waals surface area contributed by atoms with Crippen LogP contribution in [0, 0.1) is 0 Å². The number of ether oxygens (including phenoxy) is 2. The third kappa shape index (κ3) is 5.11. The van der Waals surface area contributed by atoms with E-state index in [1.807, 2.05) is 18.7 Å². The van der Waals surface area contributed by atoms with Gasteiger partial charge < -0.3 is 14.4 Å². The molecule has 5 nitrogen and oxygen atoms in total. The molecule has 2 heterocycles. The Kier molecular flexibility index (Phi) is 7.61. The Bertz CT molecular complexity index is 680. The van der Waals surface area contributed by atoms with E-state index in [0.717, 1.165) is 11.8 Å². The highest BCUT2D eigenvalue weighted by atomic mass is 35.5. The summed E-state index contributed by atoms with van der Waals surface area (Å²) >= 11 is 25.1. The molecule has 0 saturated carbocycles. The van der Waals surface area contributed by atoms with Gasteiger partial charge in [-0.3, -0.25) is 0 Å². The van der Waals surface area contributed by atoms with Crippen LogP contribution in [0.25, 0.3) is 0 Å². The van der Waals surface area contributed by atoms with Gasteiger partial charge in [-0.05, 0) is 20.8 Å². The Morgan fingerprint density at radius 1 is 1.32 bits per heavy atom. The van der Waals surface area contributed by atoms with Gasteiger partial charge in [0, 0.05) is 13.1 Å². The number of carbonyl (C=O) groups excluding carboxylic acids is 1. The number of hydrogen-bond donors (Lipinski definition) is 0. The van der Waals surface area contributed by atoms with Crippen LogP contribution in [-0.4, -0.2) is 52.1 Å². The van der Waals surface area contributed by atoms with Crippen LogP contribution >= 0.6 is 58.8 Å². The maximum absolute atomic E-state index is 12.3. The van der Waals surface area contributed by atoms with Gasteiger partial charge in [0.2, 0.25) is 0 Å². The first-order chi connectivity index (χ1) is 11.7. The molecule has 1 aliphatic rings. The lowest BCUT2D eigenvalue weighted by atomic mass is 10.2. The summed E-state index contributed by atoms with van der Waals surface area (Å²) in [5.74, 6) is -0.618. The molecule has 2 rings (SSSR count). The molecule has 1 aromatic heterocycles. The normalized spacial score (nSPS) is 20.5. The first-order valence-corrected chi connectivity index (χ1v) is 9.94. The van der Waals surface area contributed by atoms with Crippen LogP contribution in [0.2, 0.25) is 15.3 Å². The highest BCUT2D eigenvalue weighted by Crippen LogP contribution is 2.40. The molecule has 138 valence electrons. The fourth-order valence-corrected chi connectivity index (χ4v) is 4.61. The minimum Gasteiger partial charge on any atom is -0.462 e. The first-order valence-electron chi connectivity index (χ1n) is 7.58. The first kappa shape index (κ1) is 21.0. The Balaban J connectivity index is 2.34. The Morgan fingerprint density at radius 3 is 2.48 bits per heavy atom. The molecule has 1 saturated heterocycles. The van der Waals surface area contributed by atoms with Crippen LogP contribution in [-0.2, 0) is 9.47 Å². The number of hydrogen-bond acceptors (Lipinski definition) is 6. The minimum absolute atomic E-state index is 0.00808. The SMILES string of the molecule is CCOC(=O)c1c(Cl)nc(Cl)c(Cl)c1SC(=S)N1C[C@H](C)O[C@@H](C)C1. The van der Waals surface area contributed by atoms with Crippen molar-refractivity contribution in [1.29, 1.82) is 0 Å². The van der Waals surface area contributed by atoms with Gasteiger partial charge in [0.1, 0.15) is 15.0 Å². The average molecular weight is 444 g/mol. The second-order valence-corrected chi connectivity index (χ2v) is 8.20. The predicted octanol–water partition coefficient (Wildman–Crippen LogP) is 4.70. The van der Waals surface area contributed by atoms with Crippen molar-refractivity contribution in [1.82, 2.24) is 9.88 Å². The van der Waals surface area contributed by atoms with E-state index in [4.69, 9.17) is 56.5 Å². The van der Waals surface area contributed by atoms with Crippen LogP contribution in [0.4, 0.5) is 0 Å². The molecule has 1 aromatic rings. The summed E-state index contributed by atoms with van der Waals surface area (Å²) in [5, 5.41) is 0.0615. The average Bonchev–Trinajstić information content (AvgIpc) is 2.51. The summed E-state index contributed by atoms with van der Waals surface area (Å²) in [6, 6.07) is 0. The number of nitrogens with zero attached hydrogens (tertiary/aromatic N) is 2. The second kappa shape index (κ2) is 9.06. The van der Waals surface area contributed by atoms with Crippen molar-refractivity contribution in [2.75, 3.05) is 19.7 Å². The molecule has 2 atom stereocenters. The number of pyridine rings is 1. The number of thioether (sulfide) groups is 1. The molecule has 0 spiro atoms. The molecule has 0 aromatic carbocycles. The van der Waals surface area contributed by atoms with Gasteiger partial charge in [-0.1, -0.05) is 58.8 Å². The maximum atomic E-state index is 12.3. The molecular formula is C15H17Cl3N2O3S2. The Labute approximate surface area is 171 Å². The van der Waals surface area contributed by atoms with Gasteiger partial charge in [0.25, 0.3) is 0 Å². The number of aromatic nitrogens is 1. The monoisotopic (exact) mass is 442 g/mol. The fourth-order valence-electron chi connectivity index (χ4n) is 2.44. The van der Waals surface area contributed by atoms with Crippen molar-refractivity contribution < 1.29 is 14.3 Å². The van der Waals surface area contributed by atoms with Crippen molar-refractivity contribution in [3.63, 3.8) is 0 Å². The molecule has 0 bridgehead atoms. The van der Waals surface area contributed by atoms with Crippen LogP contribution in [0.15, 0.2) is 4.90 Å². The van der Waals surface area contributed by atoms with E-state index in [0.29, 0.717) is 22.3 Å². The third-order valence-corrected chi connectivity index (χ3v) is 6.03. The molecule has 0 radical (unpaired) electrons. The highest BCUT2D eigenvalue weighted by Gasteiger charge is 2.29. The molecule has 1 aliphatic heterocycles. The zero-order valence-electron chi connectivity index (χ0n) is 13.8. The summed E-state index contributed by atoms with van der Waals surface area (Å²) in [6.45, 7) is 7.15. The van der Waals surface area contributed by atoms with Gasteiger partial charge in [-0.2, -0.15) is 0 Å². The van der Waals surface area contributed by atoms with E-state index in [1.165, 1.54) is 0 Å². The quantitative estimate of drug-likeness (QED) is 0.290. The molecule has 10 heteroatoms. The van der Waals surface area contributed by atoms with Crippen LogP contribution < -0.4 is 0 Å². The largest absolute Gasteiger partial charge is 0.462 e. The third-order valence-electron chi connectivity index (χ3n) is 3.36. The lowest BCUT2D eigenvalue weighted by Gasteiger charge is -2.36. The van der Waals surface area contributed by atoms with Gasteiger partial charge >= 0.3 is 5.97 Å². The summed E-state index contributed by atoms with van der Waals surface area (Å²) in [4.78, 5) is 18.5. The molecule has 0 aliphatic carbocycles. The molecular weight excluding hydrogens is 427 g/mol. The van der Waals surface area contributed by atoms with E-state index in [1.54, 1.807) is 6.92 Å². The fraction of sp³-hybridized carbons (Fsp3) is 0.533. The molecule has 0 N–H and O–H groups in total. The van der Waals surface area contributed by atoms with E-state index < -0.39 is 5.97 Å². The topological polar surface area (TPSA) is 51.7 Å². The smallest absolute Gasteiger partial charge is 0.342 e. The summed E-state index contributed by atoms with van der Waals surface area (Å²) in [5.41, 5.74) is 0.0691. The lowest BCUT2D eigenvalue weighted by Crippen LogP contribution is -2.46. The summed E-state index contributed by atoms with van der Waals surface area (Å²) in [6.07, 6.45) is 0.0961. The Hall–Kier alpha value is -0.310. The van der Waals surface area contributed by atoms with Gasteiger partial charge in [0.15, 0.2) is 5.15 Å². The van der Waals surface area contributed by atoms with E-state index in [-0.39, 0.29) is 39.7 Å². The van der Waals surface area contributed by atoms with E-state index >= 15 is 0 Å².